The van der Waals surface area contributed by atoms with Gasteiger partial charge in [-0.25, -0.2) is 0 Å². The first-order valence-electron chi connectivity index (χ1n) is 7.96. The predicted molar refractivity (Wildman–Crippen MR) is 78.6 cm³/mol. The molecular weight excluding hydrogens is 224 g/mol. The average molecular weight is 258 g/mol. The summed E-state index contributed by atoms with van der Waals surface area (Å²) >= 11 is 0. The molecule has 18 heavy (non-hydrogen) atoms. The van der Waals surface area contributed by atoms with Crippen LogP contribution in [0.25, 0.3) is 0 Å². The Bertz CT molecular complexity index is 157. The smallest absolute Gasteiger partial charge is 0.154 e. The van der Waals surface area contributed by atoms with Gasteiger partial charge in [0.15, 0.2) is 6.29 Å². The number of ether oxygens (including phenoxy) is 1. The molecule has 1 N–H and O–H groups in total. The molecule has 0 radical (unpaired) electrons. The lowest BCUT2D eigenvalue weighted by Gasteiger charge is -2.09. The summed E-state index contributed by atoms with van der Waals surface area (Å²) in [6, 6.07) is 0. The number of hydrogen-bond acceptors (Lipinski definition) is 2. The minimum absolute atomic E-state index is 0.550. The van der Waals surface area contributed by atoms with Crippen molar-refractivity contribution in [3.8, 4) is 0 Å². The number of rotatable bonds is 13. The number of hydrogen-bond donors (Lipinski definition) is 1. The van der Waals surface area contributed by atoms with E-state index in [2.05, 4.69) is 13.8 Å². The lowest BCUT2D eigenvalue weighted by molar-refractivity contribution is -0.101. The lowest BCUT2D eigenvalue weighted by atomic mass is 10.0. The van der Waals surface area contributed by atoms with Gasteiger partial charge in [0.25, 0.3) is 0 Å². The summed E-state index contributed by atoms with van der Waals surface area (Å²) < 4.78 is 5.23. The van der Waals surface area contributed by atoms with Crippen LogP contribution in [0.1, 0.15) is 85.0 Å². The molecular formula is C16H34O2. The lowest BCUT2D eigenvalue weighted by Crippen LogP contribution is -2.10. The van der Waals surface area contributed by atoms with Crippen molar-refractivity contribution in [3.63, 3.8) is 0 Å². The molecule has 0 aromatic heterocycles. The van der Waals surface area contributed by atoms with E-state index in [0.717, 1.165) is 12.3 Å². The standard InChI is InChI=1S/C16H34O2/c1-4-16(17)18-14-12-10-8-6-5-7-9-11-13-15(2)3/h15-17H,4-14H2,1-3H3. The van der Waals surface area contributed by atoms with Gasteiger partial charge >= 0.3 is 0 Å². The van der Waals surface area contributed by atoms with E-state index in [4.69, 9.17) is 4.74 Å². The fourth-order valence-electron chi connectivity index (χ4n) is 2.05. The Balaban J connectivity index is 2.99. The summed E-state index contributed by atoms with van der Waals surface area (Å²) in [7, 11) is 0. The van der Waals surface area contributed by atoms with E-state index >= 15 is 0 Å². The number of aliphatic hydroxyl groups excluding tert-OH is 1. The molecule has 1 unspecified atom stereocenters. The molecule has 0 aromatic rings. The van der Waals surface area contributed by atoms with Crippen molar-refractivity contribution < 1.29 is 9.84 Å². The van der Waals surface area contributed by atoms with Gasteiger partial charge < -0.3 is 9.84 Å². The summed E-state index contributed by atoms with van der Waals surface area (Å²) in [6.07, 6.45) is 12.1. The molecule has 0 heterocycles. The molecule has 0 aromatic carbocycles. The first-order valence-corrected chi connectivity index (χ1v) is 7.96. The van der Waals surface area contributed by atoms with E-state index in [1.165, 1.54) is 51.4 Å². The minimum atomic E-state index is -0.550. The SMILES string of the molecule is CCC(O)OCCCCCCCCCCC(C)C. The first kappa shape index (κ1) is 17.9. The molecule has 0 amide bonds. The average Bonchev–Trinajstić information content (AvgIpc) is 2.35. The second-order valence-electron chi connectivity index (χ2n) is 5.74. The fourth-order valence-corrected chi connectivity index (χ4v) is 2.05. The third-order valence-corrected chi connectivity index (χ3v) is 3.34. The van der Waals surface area contributed by atoms with E-state index in [9.17, 15) is 5.11 Å². The highest BCUT2D eigenvalue weighted by atomic mass is 16.6. The largest absolute Gasteiger partial charge is 0.368 e. The molecule has 0 fully saturated rings. The maximum Gasteiger partial charge on any atom is 0.154 e. The Kier molecular flexibility index (Phi) is 13.3. The zero-order chi connectivity index (χ0) is 13.6. The van der Waals surface area contributed by atoms with Crippen LogP contribution in [0.2, 0.25) is 0 Å². The highest BCUT2D eigenvalue weighted by Crippen LogP contribution is 2.12. The van der Waals surface area contributed by atoms with Crippen molar-refractivity contribution in [2.75, 3.05) is 6.61 Å². The van der Waals surface area contributed by atoms with Gasteiger partial charge in [0, 0.05) is 6.61 Å². The highest BCUT2D eigenvalue weighted by Gasteiger charge is 1.99. The fraction of sp³-hybridized carbons (Fsp3) is 1.00. The van der Waals surface area contributed by atoms with Crippen molar-refractivity contribution in [1.29, 1.82) is 0 Å². The van der Waals surface area contributed by atoms with Gasteiger partial charge in [0.1, 0.15) is 0 Å². The third kappa shape index (κ3) is 14.0. The van der Waals surface area contributed by atoms with E-state index < -0.39 is 6.29 Å². The Morgan fingerprint density at radius 1 is 0.833 bits per heavy atom. The summed E-state index contributed by atoms with van der Waals surface area (Å²) in [4.78, 5) is 0. The molecule has 0 bridgehead atoms. The molecule has 2 heteroatoms. The summed E-state index contributed by atoms with van der Waals surface area (Å²) in [5.41, 5.74) is 0. The maximum atomic E-state index is 9.20. The monoisotopic (exact) mass is 258 g/mol. The van der Waals surface area contributed by atoms with Crippen molar-refractivity contribution in [3.05, 3.63) is 0 Å². The van der Waals surface area contributed by atoms with Gasteiger partial charge in [-0.1, -0.05) is 72.1 Å². The highest BCUT2D eigenvalue weighted by molar-refractivity contribution is 4.49. The first-order chi connectivity index (χ1) is 8.66. The van der Waals surface area contributed by atoms with Crippen molar-refractivity contribution >= 4 is 0 Å². The van der Waals surface area contributed by atoms with E-state index in [0.29, 0.717) is 13.0 Å². The quantitative estimate of drug-likeness (QED) is 0.376. The summed E-state index contributed by atoms with van der Waals surface area (Å²) in [5.74, 6) is 0.864. The Labute approximate surface area is 114 Å². The van der Waals surface area contributed by atoms with Crippen LogP contribution >= 0.6 is 0 Å². The van der Waals surface area contributed by atoms with Gasteiger partial charge in [-0.2, -0.15) is 0 Å². The molecule has 0 aliphatic rings. The molecule has 1 atom stereocenters. The normalized spacial score (nSPS) is 13.2. The van der Waals surface area contributed by atoms with Crippen LogP contribution in [0.4, 0.5) is 0 Å². The van der Waals surface area contributed by atoms with Crippen LogP contribution in [0.5, 0.6) is 0 Å². The zero-order valence-corrected chi connectivity index (χ0v) is 12.8. The Morgan fingerprint density at radius 3 is 1.83 bits per heavy atom. The molecule has 0 rings (SSSR count). The van der Waals surface area contributed by atoms with Crippen molar-refractivity contribution in [1.82, 2.24) is 0 Å². The molecule has 0 aliphatic heterocycles. The van der Waals surface area contributed by atoms with E-state index in [1.807, 2.05) is 6.92 Å². The van der Waals surface area contributed by atoms with Gasteiger partial charge in [0.2, 0.25) is 0 Å². The van der Waals surface area contributed by atoms with Crippen molar-refractivity contribution in [2.45, 2.75) is 91.3 Å². The van der Waals surface area contributed by atoms with Crippen LogP contribution in [0, 0.1) is 5.92 Å². The van der Waals surface area contributed by atoms with Crippen LogP contribution in [0.3, 0.4) is 0 Å². The summed E-state index contributed by atoms with van der Waals surface area (Å²) in [5, 5.41) is 9.20. The molecule has 0 aliphatic carbocycles. The molecule has 2 nitrogen and oxygen atoms in total. The van der Waals surface area contributed by atoms with Crippen LogP contribution < -0.4 is 0 Å². The molecule has 0 saturated heterocycles. The topological polar surface area (TPSA) is 29.5 Å². The van der Waals surface area contributed by atoms with Gasteiger partial charge in [-0.3, -0.25) is 0 Å². The second kappa shape index (κ2) is 13.4. The zero-order valence-electron chi connectivity index (χ0n) is 12.8. The van der Waals surface area contributed by atoms with E-state index in [-0.39, 0.29) is 0 Å². The second-order valence-corrected chi connectivity index (χ2v) is 5.74. The minimum Gasteiger partial charge on any atom is -0.368 e. The molecule has 110 valence electrons. The third-order valence-electron chi connectivity index (χ3n) is 3.34. The molecule has 0 saturated carbocycles. The Morgan fingerprint density at radius 2 is 1.33 bits per heavy atom. The van der Waals surface area contributed by atoms with Gasteiger partial charge in [-0.15, -0.1) is 0 Å². The van der Waals surface area contributed by atoms with Crippen LogP contribution in [0.15, 0.2) is 0 Å². The predicted octanol–water partition coefficient (Wildman–Crippen LogP) is 4.90. The maximum absolute atomic E-state index is 9.20. The number of aliphatic hydroxyl groups is 1. The van der Waals surface area contributed by atoms with Crippen LogP contribution in [-0.4, -0.2) is 18.0 Å². The Hall–Kier alpha value is -0.0800. The van der Waals surface area contributed by atoms with Crippen LogP contribution in [-0.2, 0) is 4.74 Å². The summed E-state index contributed by atoms with van der Waals surface area (Å²) in [6.45, 7) is 7.25. The van der Waals surface area contributed by atoms with Gasteiger partial charge in [0.05, 0.1) is 0 Å². The molecule has 0 spiro atoms. The number of unbranched alkanes of at least 4 members (excludes halogenated alkanes) is 7. The van der Waals surface area contributed by atoms with Gasteiger partial charge in [-0.05, 0) is 18.8 Å². The van der Waals surface area contributed by atoms with E-state index in [1.54, 1.807) is 0 Å². The van der Waals surface area contributed by atoms with Crippen molar-refractivity contribution in [2.24, 2.45) is 5.92 Å².